The minimum absolute atomic E-state index is 0.192. The number of nitriles is 1. The molecule has 1 aromatic rings. The number of unbranched alkanes of at least 4 members (excludes halogenated alkanes) is 9. The van der Waals surface area contributed by atoms with Crippen LogP contribution in [0.3, 0.4) is 0 Å². The molecule has 0 aromatic heterocycles. The maximum Gasteiger partial charge on any atom is 0.170 e. The molecule has 0 aliphatic rings. The van der Waals surface area contributed by atoms with E-state index in [2.05, 4.69) is 30.9 Å². The molecular weight excluding hydrogens is 344 g/mol. The molecule has 0 saturated carbocycles. The topological polar surface area (TPSA) is 44.1 Å². The van der Waals surface area contributed by atoms with Gasteiger partial charge in [-0.05, 0) is 44.0 Å². The van der Waals surface area contributed by atoms with Gasteiger partial charge in [0.05, 0.1) is 5.57 Å². The molecule has 28 heavy (non-hydrogen) atoms. The Morgan fingerprint density at radius 2 is 1.46 bits per heavy atom. The van der Waals surface area contributed by atoms with Crippen molar-refractivity contribution in [2.75, 3.05) is 18.0 Å². The predicted octanol–water partition coefficient (Wildman–Crippen LogP) is 6.93. The first-order valence-corrected chi connectivity index (χ1v) is 11.1. The highest BCUT2D eigenvalue weighted by molar-refractivity contribution is 6.01. The lowest BCUT2D eigenvalue weighted by Crippen LogP contribution is -2.23. The van der Waals surface area contributed by atoms with E-state index in [1.54, 1.807) is 6.08 Å². The molecule has 0 radical (unpaired) electrons. The molecule has 154 valence electrons. The van der Waals surface area contributed by atoms with Crippen LogP contribution in [0.2, 0.25) is 0 Å². The van der Waals surface area contributed by atoms with Crippen LogP contribution >= 0.6 is 0 Å². The molecule has 0 amide bonds. The van der Waals surface area contributed by atoms with Crippen LogP contribution in [0.15, 0.2) is 29.8 Å². The fraction of sp³-hybridized carbons (Fsp3) is 0.600. The first kappa shape index (κ1) is 24.0. The van der Waals surface area contributed by atoms with Gasteiger partial charge in [-0.1, -0.05) is 76.8 Å². The van der Waals surface area contributed by atoms with Crippen molar-refractivity contribution in [2.45, 2.75) is 85.0 Å². The minimum Gasteiger partial charge on any atom is -0.372 e. The van der Waals surface area contributed by atoms with Gasteiger partial charge in [-0.25, -0.2) is 0 Å². The summed E-state index contributed by atoms with van der Waals surface area (Å²) in [6, 6.07) is 10.1. The molecule has 0 saturated heterocycles. The smallest absolute Gasteiger partial charge is 0.170 e. The van der Waals surface area contributed by atoms with Gasteiger partial charge in [-0.15, -0.1) is 0 Å². The number of benzene rings is 1. The summed E-state index contributed by atoms with van der Waals surface area (Å²) in [7, 11) is 0. The van der Waals surface area contributed by atoms with Gasteiger partial charge >= 0.3 is 0 Å². The van der Waals surface area contributed by atoms with Crippen molar-refractivity contribution in [3.05, 3.63) is 35.4 Å². The first-order valence-electron chi connectivity index (χ1n) is 11.1. The van der Waals surface area contributed by atoms with Crippen LogP contribution in [0.1, 0.15) is 90.5 Å². The molecule has 1 aromatic carbocycles. The Hall–Kier alpha value is -2.08. The highest BCUT2D eigenvalue weighted by atomic mass is 16.1. The van der Waals surface area contributed by atoms with Crippen LogP contribution < -0.4 is 4.90 Å². The minimum atomic E-state index is -0.192. The number of ketones is 1. The number of Topliss-reactive ketones (excluding diaryl/α,β-unsaturated/α-hetero) is 1. The van der Waals surface area contributed by atoms with Crippen LogP contribution in [0.25, 0.3) is 6.08 Å². The van der Waals surface area contributed by atoms with E-state index >= 15 is 0 Å². The maximum atomic E-state index is 11.4. The molecule has 0 N–H and O–H groups in total. The second kappa shape index (κ2) is 14.9. The van der Waals surface area contributed by atoms with Gasteiger partial charge < -0.3 is 4.90 Å². The summed E-state index contributed by atoms with van der Waals surface area (Å²) in [5.74, 6) is -0.192. The molecule has 0 spiro atoms. The molecular formula is C25H38N2O. The summed E-state index contributed by atoms with van der Waals surface area (Å²) in [5, 5.41) is 9.01. The maximum absolute atomic E-state index is 11.4. The van der Waals surface area contributed by atoms with Gasteiger partial charge in [-0.3, -0.25) is 4.79 Å². The van der Waals surface area contributed by atoms with Crippen LogP contribution in [0.5, 0.6) is 0 Å². The van der Waals surface area contributed by atoms with Crippen molar-refractivity contribution in [1.29, 1.82) is 5.26 Å². The zero-order valence-electron chi connectivity index (χ0n) is 18.2. The lowest BCUT2D eigenvalue weighted by Gasteiger charge is -2.23. The first-order chi connectivity index (χ1) is 13.6. The molecule has 0 unspecified atom stereocenters. The largest absolute Gasteiger partial charge is 0.372 e. The Morgan fingerprint density at radius 1 is 0.929 bits per heavy atom. The normalized spacial score (nSPS) is 11.3. The van der Waals surface area contributed by atoms with Crippen LogP contribution in [0, 0.1) is 11.3 Å². The molecule has 3 heteroatoms. The Kier molecular flexibility index (Phi) is 12.8. The van der Waals surface area contributed by atoms with E-state index in [-0.39, 0.29) is 11.4 Å². The number of nitrogens with zero attached hydrogens (tertiary/aromatic N) is 2. The van der Waals surface area contributed by atoms with Gasteiger partial charge in [0.1, 0.15) is 6.07 Å². The van der Waals surface area contributed by atoms with Crippen molar-refractivity contribution in [2.24, 2.45) is 0 Å². The average Bonchev–Trinajstić information content (AvgIpc) is 2.71. The lowest BCUT2D eigenvalue weighted by atomic mass is 10.1. The third-order valence-electron chi connectivity index (χ3n) is 5.23. The summed E-state index contributed by atoms with van der Waals surface area (Å²) in [6.07, 6.45) is 15.2. The van der Waals surface area contributed by atoms with Gasteiger partial charge in [0.2, 0.25) is 0 Å². The van der Waals surface area contributed by atoms with Gasteiger partial charge in [0.15, 0.2) is 5.78 Å². The highest BCUT2D eigenvalue weighted by Gasteiger charge is 2.05. The van der Waals surface area contributed by atoms with E-state index in [9.17, 15) is 4.79 Å². The Labute approximate surface area is 172 Å². The van der Waals surface area contributed by atoms with Crippen LogP contribution in [-0.4, -0.2) is 18.9 Å². The standard InChI is InChI=1S/C25H38N2O/c1-4-6-7-8-9-10-11-12-13-14-19-27(5-2)25-17-15-23(16-18-25)20-24(21-26)22(3)28/h15-18,20H,4-14,19H2,1-3H3/b24-20+. The van der Waals surface area contributed by atoms with E-state index < -0.39 is 0 Å². The number of rotatable bonds is 15. The summed E-state index contributed by atoms with van der Waals surface area (Å²) in [4.78, 5) is 13.8. The Bertz CT molecular complexity index is 625. The number of hydrogen-bond donors (Lipinski definition) is 0. The third-order valence-corrected chi connectivity index (χ3v) is 5.23. The SMILES string of the molecule is CCCCCCCCCCCCN(CC)c1ccc(/C=C(\C#N)C(C)=O)cc1. The molecule has 0 atom stereocenters. The quantitative estimate of drug-likeness (QED) is 0.188. The molecule has 0 aliphatic heterocycles. The molecule has 0 bridgehead atoms. The lowest BCUT2D eigenvalue weighted by molar-refractivity contribution is -0.113. The van der Waals surface area contributed by atoms with E-state index in [0.717, 1.165) is 18.7 Å². The van der Waals surface area contributed by atoms with Crippen molar-refractivity contribution in [3.63, 3.8) is 0 Å². The zero-order chi connectivity index (χ0) is 20.6. The number of anilines is 1. The van der Waals surface area contributed by atoms with Crippen LogP contribution in [-0.2, 0) is 4.79 Å². The van der Waals surface area contributed by atoms with E-state index in [1.807, 2.05) is 18.2 Å². The van der Waals surface area contributed by atoms with Crippen molar-refractivity contribution in [3.8, 4) is 6.07 Å². The van der Waals surface area contributed by atoms with Gasteiger partial charge in [-0.2, -0.15) is 5.26 Å². The van der Waals surface area contributed by atoms with Gasteiger partial charge in [0, 0.05) is 18.8 Å². The van der Waals surface area contributed by atoms with Crippen molar-refractivity contribution < 1.29 is 4.79 Å². The summed E-state index contributed by atoms with van der Waals surface area (Å²) < 4.78 is 0. The summed E-state index contributed by atoms with van der Waals surface area (Å²) in [6.45, 7) is 7.95. The Balaban J connectivity index is 2.34. The summed E-state index contributed by atoms with van der Waals surface area (Å²) in [5.41, 5.74) is 2.30. The van der Waals surface area contributed by atoms with E-state index in [1.165, 1.54) is 76.8 Å². The molecule has 3 nitrogen and oxygen atoms in total. The number of carbonyl (C=O) groups is 1. The fourth-order valence-electron chi connectivity index (χ4n) is 3.42. The zero-order valence-corrected chi connectivity index (χ0v) is 18.2. The Morgan fingerprint density at radius 3 is 1.93 bits per heavy atom. The van der Waals surface area contributed by atoms with E-state index in [4.69, 9.17) is 5.26 Å². The monoisotopic (exact) mass is 382 g/mol. The van der Waals surface area contributed by atoms with E-state index in [0.29, 0.717) is 0 Å². The molecule has 1 rings (SSSR count). The van der Waals surface area contributed by atoms with Crippen molar-refractivity contribution >= 4 is 17.5 Å². The third kappa shape index (κ3) is 9.74. The second-order valence-corrected chi connectivity index (χ2v) is 7.58. The summed E-state index contributed by atoms with van der Waals surface area (Å²) >= 11 is 0. The number of carbonyl (C=O) groups excluding carboxylic acids is 1. The van der Waals surface area contributed by atoms with Gasteiger partial charge in [0.25, 0.3) is 0 Å². The molecule has 0 heterocycles. The number of allylic oxidation sites excluding steroid dienone is 1. The fourth-order valence-corrected chi connectivity index (χ4v) is 3.42. The van der Waals surface area contributed by atoms with Crippen molar-refractivity contribution in [1.82, 2.24) is 0 Å². The molecule has 0 aliphatic carbocycles. The number of hydrogen-bond acceptors (Lipinski definition) is 3. The highest BCUT2D eigenvalue weighted by Crippen LogP contribution is 2.18. The van der Waals surface area contributed by atoms with Crippen LogP contribution in [0.4, 0.5) is 5.69 Å². The second-order valence-electron chi connectivity index (χ2n) is 7.58. The average molecular weight is 383 g/mol. The predicted molar refractivity (Wildman–Crippen MR) is 120 cm³/mol. The molecule has 0 fully saturated rings.